The second kappa shape index (κ2) is 7.17. The van der Waals surface area contributed by atoms with Gasteiger partial charge in [-0.05, 0) is 30.9 Å². The first-order valence-corrected chi connectivity index (χ1v) is 7.29. The van der Waals surface area contributed by atoms with Gasteiger partial charge in [0.25, 0.3) is 0 Å². The van der Waals surface area contributed by atoms with E-state index in [0.717, 1.165) is 13.0 Å². The van der Waals surface area contributed by atoms with E-state index in [2.05, 4.69) is 19.2 Å². The molecule has 0 aromatic rings. The lowest BCUT2D eigenvalue weighted by Gasteiger charge is -2.22. The van der Waals surface area contributed by atoms with Gasteiger partial charge in [0.15, 0.2) is 0 Å². The molecule has 0 aliphatic carbocycles. The van der Waals surface area contributed by atoms with E-state index in [1.807, 2.05) is 11.8 Å². The van der Waals surface area contributed by atoms with Crippen molar-refractivity contribution in [2.75, 3.05) is 12.3 Å². The number of rotatable bonds is 5. The van der Waals surface area contributed by atoms with E-state index in [4.69, 9.17) is 5.73 Å². The third-order valence-electron chi connectivity index (χ3n) is 2.84. The van der Waals surface area contributed by atoms with E-state index >= 15 is 0 Å². The lowest BCUT2D eigenvalue weighted by Crippen LogP contribution is -2.43. The summed E-state index contributed by atoms with van der Waals surface area (Å²) in [6, 6.07) is -0.339. The van der Waals surface area contributed by atoms with Crippen molar-refractivity contribution in [1.82, 2.24) is 5.32 Å². The highest BCUT2D eigenvalue weighted by atomic mass is 32.2. The van der Waals surface area contributed by atoms with Crippen LogP contribution in [0.15, 0.2) is 0 Å². The number of carbonyl (C=O) groups excluding carboxylic acids is 1. The molecule has 3 nitrogen and oxygen atoms in total. The summed E-state index contributed by atoms with van der Waals surface area (Å²) >= 11 is 1.98. The van der Waals surface area contributed by atoms with Crippen LogP contribution in [-0.4, -0.2) is 29.5 Å². The molecular formula is C12H24N2OS. The van der Waals surface area contributed by atoms with Gasteiger partial charge >= 0.3 is 0 Å². The fourth-order valence-electron chi connectivity index (χ4n) is 1.93. The topological polar surface area (TPSA) is 55.1 Å². The van der Waals surface area contributed by atoms with Crippen LogP contribution in [0.3, 0.4) is 0 Å². The number of amides is 1. The average Bonchev–Trinajstić information content (AvgIpc) is 2.26. The highest BCUT2D eigenvalue weighted by Crippen LogP contribution is 2.24. The molecule has 1 amide bonds. The number of nitrogens with one attached hydrogen (secondary N) is 1. The van der Waals surface area contributed by atoms with Crippen molar-refractivity contribution in [2.24, 2.45) is 11.7 Å². The zero-order valence-electron chi connectivity index (χ0n) is 10.4. The molecule has 16 heavy (non-hydrogen) atoms. The molecule has 1 unspecified atom stereocenters. The number of hydrogen-bond acceptors (Lipinski definition) is 3. The Kier molecular flexibility index (Phi) is 6.21. The van der Waals surface area contributed by atoms with E-state index in [1.54, 1.807) is 0 Å². The molecule has 0 radical (unpaired) electrons. The Hall–Kier alpha value is -0.220. The van der Waals surface area contributed by atoms with Crippen LogP contribution in [0, 0.1) is 5.92 Å². The van der Waals surface area contributed by atoms with Gasteiger partial charge in [-0.25, -0.2) is 0 Å². The van der Waals surface area contributed by atoms with E-state index in [-0.39, 0.29) is 11.9 Å². The first kappa shape index (κ1) is 13.8. The van der Waals surface area contributed by atoms with Crippen molar-refractivity contribution in [3.8, 4) is 0 Å². The molecule has 0 aromatic carbocycles. The molecule has 1 aliphatic heterocycles. The van der Waals surface area contributed by atoms with E-state index in [9.17, 15) is 4.79 Å². The Balaban J connectivity index is 2.17. The highest BCUT2D eigenvalue weighted by molar-refractivity contribution is 7.99. The summed E-state index contributed by atoms with van der Waals surface area (Å²) in [6.45, 7) is 4.96. The molecule has 1 rings (SSSR count). The van der Waals surface area contributed by atoms with Crippen molar-refractivity contribution >= 4 is 17.7 Å². The van der Waals surface area contributed by atoms with Crippen LogP contribution in [0.5, 0.6) is 0 Å². The van der Waals surface area contributed by atoms with Crippen LogP contribution in [-0.2, 0) is 4.79 Å². The third-order valence-corrected chi connectivity index (χ3v) is 4.24. The normalized spacial score (nSPS) is 23.1. The molecule has 0 bridgehead atoms. The van der Waals surface area contributed by atoms with Crippen molar-refractivity contribution in [2.45, 2.75) is 50.8 Å². The maximum absolute atomic E-state index is 11.7. The first-order chi connectivity index (χ1) is 7.59. The van der Waals surface area contributed by atoms with Crippen LogP contribution >= 0.6 is 11.8 Å². The largest absolute Gasteiger partial charge is 0.354 e. The molecule has 1 saturated heterocycles. The van der Waals surface area contributed by atoms with E-state index < -0.39 is 0 Å². The molecule has 0 aromatic heterocycles. The SMILES string of the molecule is CC(C)C[C@H](N)C(=O)NCC1CCCCS1. The molecule has 0 saturated carbocycles. The monoisotopic (exact) mass is 244 g/mol. The van der Waals surface area contributed by atoms with Gasteiger partial charge in [-0.15, -0.1) is 0 Å². The summed E-state index contributed by atoms with van der Waals surface area (Å²) in [7, 11) is 0. The van der Waals surface area contributed by atoms with Gasteiger partial charge in [-0.1, -0.05) is 20.3 Å². The number of carbonyl (C=O) groups is 1. The Bertz CT molecular complexity index is 215. The Morgan fingerprint density at radius 1 is 1.50 bits per heavy atom. The van der Waals surface area contributed by atoms with E-state index in [1.165, 1.54) is 25.0 Å². The average molecular weight is 244 g/mol. The molecule has 1 aliphatic rings. The molecule has 1 heterocycles. The zero-order valence-corrected chi connectivity index (χ0v) is 11.2. The first-order valence-electron chi connectivity index (χ1n) is 6.24. The van der Waals surface area contributed by atoms with Crippen LogP contribution in [0.2, 0.25) is 0 Å². The lowest BCUT2D eigenvalue weighted by atomic mass is 10.0. The fourth-order valence-corrected chi connectivity index (χ4v) is 3.17. The van der Waals surface area contributed by atoms with Crippen LogP contribution in [0.4, 0.5) is 0 Å². The predicted octanol–water partition coefficient (Wildman–Crippen LogP) is 1.76. The number of nitrogens with two attached hydrogens (primary N) is 1. The number of thioether (sulfide) groups is 1. The summed E-state index contributed by atoms with van der Waals surface area (Å²) in [5.41, 5.74) is 5.81. The van der Waals surface area contributed by atoms with Gasteiger partial charge in [-0.2, -0.15) is 11.8 Å². The van der Waals surface area contributed by atoms with Gasteiger partial charge < -0.3 is 11.1 Å². The summed E-state index contributed by atoms with van der Waals surface area (Å²) in [5, 5.41) is 3.57. The maximum atomic E-state index is 11.7. The van der Waals surface area contributed by atoms with Gasteiger partial charge in [-0.3, -0.25) is 4.79 Å². The standard InChI is InChI=1S/C12H24N2OS/c1-9(2)7-11(13)12(15)14-8-10-5-3-4-6-16-10/h9-11H,3-8,13H2,1-2H3,(H,14,15)/t10?,11-/m0/s1. The van der Waals surface area contributed by atoms with Gasteiger partial charge in [0, 0.05) is 11.8 Å². The third kappa shape index (κ3) is 5.21. The molecule has 1 fully saturated rings. The molecule has 0 spiro atoms. The van der Waals surface area contributed by atoms with Crippen molar-refractivity contribution < 1.29 is 4.79 Å². The molecule has 94 valence electrons. The minimum atomic E-state index is -0.339. The Labute approximate surface area is 103 Å². The van der Waals surface area contributed by atoms with Gasteiger partial charge in [0.05, 0.1) is 6.04 Å². The number of hydrogen-bond donors (Lipinski definition) is 2. The zero-order chi connectivity index (χ0) is 12.0. The van der Waals surface area contributed by atoms with Crippen LogP contribution < -0.4 is 11.1 Å². The highest BCUT2D eigenvalue weighted by Gasteiger charge is 2.18. The summed E-state index contributed by atoms with van der Waals surface area (Å²) in [4.78, 5) is 11.7. The summed E-state index contributed by atoms with van der Waals surface area (Å²) in [6.07, 6.45) is 4.61. The summed E-state index contributed by atoms with van der Waals surface area (Å²) in [5.74, 6) is 1.73. The van der Waals surface area contributed by atoms with Crippen molar-refractivity contribution in [3.63, 3.8) is 0 Å². The van der Waals surface area contributed by atoms with Gasteiger partial charge in [0.1, 0.15) is 0 Å². The van der Waals surface area contributed by atoms with Gasteiger partial charge in [0.2, 0.25) is 5.91 Å². The molecule has 2 atom stereocenters. The molecular weight excluding hydrogens is 220 g/mol. The maximum Gasteiger partial charge on any atom is 0.236 e. The molecule has 3 N–H and O–H groups in total. The quantitative estimate of drug-likeness (QED) is 0.775. The second-order valence-electron chi connectivity index (χ2n) is 4.97. The molecule has 4 heteroatoms. The van der Waals surface area contributed by atoms with Crippen molar-refractivity contribution in [3.05, 3.63) is 0 Å². The van der Waals surface area contributed by atoms with Crippen LogP contribution in [0.1, 0.15) is 39.5 Å². The smallest absolute Gasteiger partial charge is 0.236 e. The minimum absolute atomic E-state index is 0.0138. The fraction of sp³-hybridized carbons (Fsp3) is 0.917. The second-order valence-corrected chi connectivity index (χ2v) is 6.38. The Morgan fingerprint density at radius 3 is 2.81 bits per heavy atom. The predicted molar refractivity (Wildman–Crippen MR) is 70.5 cm³/mol. The lowest BCUT2D eigenvalue weighted by molar-refractivity contribution is -0.122. The summed E-state index contributed by atoms with van der Waals surface area (Å²) < 4.78 is 0. The Morgan fingerprint density at radius 2 is 2.25 bits per heavy atom. The minimum Gasteiger partial charge on any atom is -0.354 e. The van der Waals surface area contributed by atoms with Crippen LogP contribution in [0.25, 0.3) is 0 Å². The van der Waals surface area contributed by atoms with Crippen molar-refractivity contribution in [1.29, 1.82) is 0 Å². The van der Waals surface area contributed by atoms with E-state index in [0.29, 0.717) is 11.2 Å².